The number of para-hydroxylation sites is 1. The summed E-state index contributed by atoms with van der Waals surface area (Å²) in [4.78, 5) is 4.81. The highest BCUT2D eigenvalue weighted by atomic mass is 127. The molecule has 0 radical (unpaired) electrons. The standard InChI is InChI=1S/C39H32IN3S/c1-24-8-6-9-25(20-24)26-16-19-36-34(22-26)41-35(23-43(36)40)32-18-17-30(38-31-13-2-4-14-33(31)42-39(32)38)28-11-7-10-27(21-28)29-12-3-5-15-37(29)44/h2-7,9-22,24,35,41-42,44H,8,23H2,1H3. The van der Waals surface area contributed by atoms with Gasteiger partial charge in [-0.3, -0.25) is 0 Å². The highest BCUT2D eigenvalue weighted by Gasteiger charge is 2.27. The number of aromatic amines is 1. The number of halogens is 1. The molecule has 3 nitrogen and oxygen atoms in total. The van der Waals surface area contributed by atoms with Gasteiger partial charge in [-0.1, -0.05) is 97.9 Å². The molecule has 0 bridgehead atoms. The molecule has 1 aromatic heterocycles. The first-order valence-electron chi connectivity index (χ1n) is 15.2. The van der Waals surface area contributed by atoms with Gasteiger partial charge in [-0.05, 0) is 76.1 Å². The molecular formula is C39H32IN3S. The van der Waals surface area contributed by atoms with Gasteiger partial charge in [0.05, 0.1) is 52.3 Å². The number of nitrogens with zero attached hydrogens (tertiary/aromatic N) is 1. The molecule has 1 aliphatic heterocycles. The van der Waals surface area contributed by atoms with E-state index in [0.717, 1.165) is 28.9 Å². The summed E-state index contributed by atoms with van der Waals surface area (Å²) in [6.45, 7) is 3.15. The van der Waals surface area contributed by atoms with Gasteiger partial charge < -0.3 is 13.4 Å². The number of nitrogens with one attached hydrogen (secondary N) is 2. The van der Waals surface area contributed by atoms with Crippen molar-refractivity contribution in [2.24, 2.45) is 5.92 Å². The van der Waals surface area contributed by atoms with Crippen molar-refractivity contribution >= 4 is 74.2 Å². The molecule has 44 heavy (non-hydrogen) atoms. The number of anilines is 2. The van der Waals surface area contributed by atoms with E-state index < -0.39 is 0 Å². The van der Waals surface area contributed by atoms with Crippen LogP contribution in [-0.2, 0) is 0 Å². The summed E-state index contributed by atoms with van der Waals surface area (Å²) in [7, 11) is 0. The Kier molecular flexibility index (Phi) is 7.03. The third kappa shape index (κ3) is 4.83. The SMILES string of the molecule is CC1C=C(c2ccc3c(c2)NC(c2ccc(-c4cccc(-c5ccccc5S)c4)c4c2[nH]c2ccccc24)CN3I)C=CC1. The van der Waals surface area contributed by atoms with Gasteiger partial charge >= 0.3 is 0 Å². The average molecular weight is 702 g/mol. The van der Waals surface area contributed by atoms with Crippen molar-refractivity contribution < 1.29 is 0 Å². The number of H-pyrrole nitrogens is 1. The lowest BCUT2D eigenvalue weighted by molar-refractivity contribution is 0.740. The first kappa shape index (κ1) is 27.6. The van der Waals surface area contributed by atoms with Crippen LogP contribution in [0, 0.1) is 5.92 Å². The molecule has 5 aromatic carbocycles. The number of fused-ring (bicyclic) bond motifs is 4. The number of allylic oxidation sites excluding steroid dienone is 4. The predicted molar refractivity (Wildman–Crippen MR) is 199 cm³/mol. The van der Waals surface area contributed by atoms with Crippen LogP contribution in [-0.4, -0.2) is 11.5 Å². The molecule has 216 valence electrons. The lowest BCUT2D eigenvalue weighted by Gasteiger charge is -2.34. The van der Waals surface area contributed by atoms with Crippen molar-refractivity contribution in [2.75, 3.05) is 15.0 Å². The zero-order valence-corrected chi connectivity index (χ0v) is 27.4. The molecular weight excluding hydrogens is 669 g/mol. The normalized spacial score (nSPS) is 17.9. The number of hydrogen-bond donors (Lipinski definition) is 3. The van der Waals surface area contributed by atoms with E-state index >= 15 is 0 Å². The minimum atomic E-state index is 0.122. The molecule has 0 amide bonds. The van der Waals surface area contributed by atoms with E-state index in [-0.39, 0.29) is 6.04 Å². The maximum Gasteiger partial charge on any atom is 0.0718 e. The average Bonchev–Trinajstić information content (AvgIpc) is 3.44. The summed E-state index contributed by atoms with van der Waals surface area (Å²) in [6.07, 6.45) is 8.06. The van der Waals surface area contributed by atoms with Gasteiger partial charge in [0.25, 0.3) is 0 Å². The molecule has 5 heteroatoms. The van der Waals surface area contributed by atoms with Crippen LogP contribution < -0.4 is 8.43 Å². The van der Waals surface area contributed by atoms with E-state index in [1.165, 1.54) is 61.1 Å². The number of rotatable bonds is 4. The summed E-state index contributed by atoms with van der Waals surface area (Å²) >= 11 is 7.22. The zero-order chi connectivity index (χ0) is 29.8. The number of thiol groups is 1. The highest BCUT2D eigenvalue weighted by Crippen LogP contribution is 2.44. The van der Waals surface area contributed by atoms with Gasteiger partial charge in [-0.2, -0.15) is 0 Å². The largest absolute Gasteiger partial charge is 0.375 e. The van der Waals surface area contributed by atoms with Crippen LogP contribution in [0.2, 0.25) is 0 Å². The Morgan fingerprint density at radius 2 is 1.64 bits per heavy atom. The van der Waals surface area contributed by atoms with Crippen molar-refractivity contribution in [1.82, 2.24) is 4.98 Å². The van der Waals surface area contributed by atoms with E-state index in [4.69, 9.17) is 12.6 Å². The van der Waals surface area contributed by atoms with E-state index in [1.807, 2.05) is 6.07 Å². The summed E-state index contributed by atoms with van der Waals surface area (Å²) in [5.41, 5.74) is 13.3. The van der Waals surface area contributed by atoms with Gasteiger partial charge in [-0.25, -0.2) is 0 Å². The van der Waals surface area contributed by atoms with Gasteiger partial charge in [0.2, 0.25) is 0 Å². The molecule has 0 fully saturated rings. The molecule has 6 aromatic rings. The van der Waals surface area contributed by atoms with Gasteiger partial charge in [0.15, 0.2) is 0 Å². The Bertz CT molecular complexity index is 2120. The minimum Gasteiger partial charge on any atom is -0.375 e. The second kappa shape index (κ2) is 11.2. The number of aromatic nitrogens is 1. The Morgan fingerprint density at radius 3 is 2.50 bits per heavy atom. The molecule has 2 atom stereocenters. The van der Waals surface area contributed by atoms with Crippen molar-refractivity contribution in [2.45, 2.75) is 24.3 Å². The topological polar surface area (TPSA) is 31.1 Å². The van der Waals surface area contributed by atoms with Crippen molar-refractivity contribution in [3.63, 3.8) is 0 Å². The second-order valence-electron chi connectivity index (χ2n) is 11.9. The summed E-state index contributed by atoms with van der Waals surface area (Å²) in [6, 6.07) is 37.4. The lowest BCUT2D eigenvalue weighted by Crippen LogP contribution is -2.30. The van der Waals surface area contributed by atoms with Gasteiger partial charge in [0, 0.05) is 26.7 Å². The van der Waals surface area contributed by atoms with Crippen LogP contribution >= 0.6 is 35.5 Å². The molecule has 0 spiro atoms. The fraction of sp³-hybridized carbons (Fsp3) is 0.128. The van der Waals surface area contributed by atoms with Crippen LogP contribution in [0.4, 0.5) is 11.4 Å². The Labute approximate surface area is 277 Å². The van der Waals surface area contributed by atoms with E-state index in [2.05, 4.69) is 158 Å². The summed E-state index contributed by atoms with van der Waals surface area (Å²) in [5.74, 6) is 0.565. The molecule has 2 aliphatic rings. The van der Waals surface area contributed by atoms with Crippen LogP contribution in [0.1, 0.15) is 30.5 Å². The van der Waals surface area contributed by atoms with Crippen molar-refractivity contribution in [3.05, 3.63) is 132 Å². The zero-order valence-electron chi connectivity index (χ0n) is 24.4. The van der Waals surface area contributed by atoms with Crippen molar-refractivity contribution in [3.8, 4) is 22.3 Å². The summed E-state index contributed by atoms with van der Waals surface area (Å²) < 4.78 is 2.35. The van der Waals surface area contributed by atoms with E-state index in [1.54, 1.807) is 0 Å². The molecule has 0 saturated heterocycles. The van der Waals surface area contributed by atoms with Crippen LogP contribution in [0.15, 0.2) is 126 Å². The van der Waals surface area contributed by atoms with Crippen LogP contribution in [0.25, 0.3) is 49.6 Å². The lowest BCUT2D eigenvalue weighted by atomic mass is 9.91. The van der Waals surface area contributed by atoms with Crippen molar-refractivity contribution in [1.29, 1.82) is 0 Å². The molecule has 8 rings (SSSR count). The minimum absolute atomic E-state index is 0.122. The highest BCUT2D eigenvalue weighted by molar-refractivity contribution is 14.1. The van der Waals surface area contributed by atoms with E-state index in [0.29, 0.717) is 5.92 Å². The Morgan fingerprint density at radius 1 is 0.818 bits per heavy atom. The number of benzene rings is 5. The maximum atomic E-state index is 4.74. The van der Waals surface area contributed by atoms with Crippen LogP contribution in [0.3, 0.4) is 0 Å². The summed E-state index contributed by atoms with van der Waals surface area (Å²) in [5, 5.41) is 6.45. The smallest absolute Gasteiger partial charge is 0.0718 e. The molecule has 2 heterocycles. The third-order valence-electron chi connectivity index (χ3n) is 8.99. The quantitative estimate of drug-likeness (QED) is 0.0971. The Balaban J connectivity index is 1.24. The molecule has 0 saturated carbocycles. The molecule has 2 unspecified atom stereocenters. The molecule has 2 N–H and O–H groups in total. The monoisotopic (exact) mass is 701 g/mol. The number of hydrogen-bond acceptors (Lipinski definition) is 3. The first-order valence-corrected chi connectivity index (χ1v) is 16.6. The van der Waals surface area contributed by atoms with E-state index in [9.17, 15) is 0 Å². The molecule has 1 aliphatic carbocycles. The van der Waals surface area contributed by atoms with Gasteiger partial charge in [0.1, 0.15) is 0 Å². The maximum absolute atomic E-state index is 4.74. The first-order chi connectivity index (χ1) is 21.5. The van der Waals surface area contributed by atoms with Crippen LogP contribution in [0.5, 0.6) is 0 Å². The third-order valence-corrected chi connectivity index (χ3v) is 10.3. The Hall–Kier alpha value is -3.94. The van der Waals surface area contributed by atoms with Gasteiger partial charge in [-0.15, -0.1) is 12.6 Å². The second-order valence-corrected chi connectivity index (χ2v) is 13.6. The fourth-order valence-corrected chi connectivity index (χ4v) is 7.93. The predicted octanol–water partition coefficient (Wildman–Crippen LogP) is 11.2. The fourth-order valence-electron chi connectivity index (χ4n) is 6.82.